The summed E-state index contributed by atoms with van der Waals surface area (Å²) in [5, 5.41) is 3.39. The Labute approximate surface area is 107 Å². The number of aromatic nitrogens is 2. The number of H-pyrrole nitrogens is 1. The van der Waals surface area contributed by atoms with E-state index in [9.17, 15) is 4.79 Å². The topological polar surface area (TPSA) is 57.8 Å². The predicted octanol–water partition coefficient (Wildman–Crippen LogP) is 3.37. The molecule has 4 heteroatoms. The zero-order chi connectivity index (χ0) is 13.3. The molecule has 0 atom stereocenters. The molecule has 0 bridgehead atoms. The van der Waals surface area contributed by atoms with E-state index in [2.05, 4.69) is 36.1 Å². The second kappa shape index (κ2) is 4.44. The number of benzene rings is 1. The van der Waals surface area contributed by atoms with E-state index in [1.807, 2.05) is 25.1 Å². The van der Waals surface area contributed by atoms with Gasteiger partial charge in [-0.05, 0) is 39.0 Å². The van der Waals surface area contributed by atoms with E-state index >= 15 is 0 Å². The lowest BCUT2D eigenvalue weighted by Crippen LogP contribution is -2.25. The number of Topliss-reactive ketones (excluding diaryl/α,β-unsaturated/α-hetero) is 1. The number of imidazole rings is 1. The van der Waals surface area contributed by atoms with Crippen molar-refractivity contribution < 1.29 is 4.79 Å². The first-order valence-electron chi connectivity index (χ1n) is 6.20. The molecule has 0 unspecified atom stereocenters. The number of hydrogen-bond donors (Lipinski definition) is 2. The Kier molecular flexibility index (Phi) is 3.11. The molecular weight excluding hydrogens is 226 g/mol. The third kappa shape index (κ3) is 2.70. The number of carbonyl (C=O) groups is 1. The highest BCUT2D eigenvalue weighted by molar-refractivity contribution is 5.96. The van der Waals surface area contributed by atoms with E-state index in [1.54, 1.807) is 0 Å². The highest BCUT2D eigenvalue weighted by atomic mass is 16.1. The highest BCUT2D eigenvalue weighted by Crippen LogP contribution is 2.20. The van der Waals surface area contributed by atoms with Gasteiger partial charge in [0.15, 0.2) is 11.6 Å². The maximum absolute atomic E-state index is 11.6. The molecule has 0 spiro atoms. The van der Waals surface area contributed by atoms with Gasteiger partial charge in [0.05, 0.1) is 11.0 Å². The van der Waals surface area contributed by atoms with Crippen LogP contribution in [0.25, 0.3) is 11.0 Å². The predicted molar refractivity (Wildman–Crippen MR) is 74.1 cm³/mol. The van der Waals surface area contributed by atoms with Crippen molar-refractivity contribution in [3.8, 4) is 0 Å². The zero-order valence-corrected chi connectivity index (χ0v) is 11.3. The van der Waals surface area contributed by atoms with Gasteiger partial charge in [-0.15, -0.1) is 0 Å². The second-order valence-electron chi connectivity index (χ2n) is 5.47. The van der Waals surface area contributed by atoms with Gasteiger partial charge in [-0.1, -0.05) is 6.92 Å². The van der Waals surface area contributed by atoms with Gasteiger partial charge in [0.1, 0.15) is 0 Å². The summed E-state index contributed by atoms with van der Waals surface area (Å²) in [6.45, 7) is 8.16. The Morgan fingerprint density at radius 1 is 1.39 bits per heavy atom. The number of anilines is 1. The molecule has 96 valence electrons. The Morgan fingerprint density at radius 2 is 2.11 bits per heavy atom. The first kappa shape index (κ1) is 12.6. The molecule has 1 aromatic heterocycles. The van der Waals surface area contributed by atoms with Crippen LogP contribution >= 0.6 is 0 Å². The number of hydrogen-bond acceptors (Lipinski definition) is 3. The molecule has 0 amide bonds. The van der Waals surface area contributed by atoms with Crippen molar-refractivity contribution in [1.29, 1.82) is 0 Å². The van der Waals surface area contributed by atoms with Crippen molar-refractivity contribution in [3.63, 3.8) is 0 Å². The fraction of sp³-hybridized carbons (Fsp3) is 0.429. The molecule has 0 aliphatic rings. The van der Waals surface area contributed by atoms with Gasteiger partial charge in [-0.25, -0.2) is 4.98 Å². The zero-order valence-electron chi connectivity index (χ0n) is 11.3. The Morgan fingerprint density at radius 3 is 2.72 bits per heavy atom. The standard InChI is InChI=1S/C14H19N3O/c1-5-12(18)13-15-10-7-6-9(8-11(10)16-13)17-14(2,3)4/h6-8,17H,5H2,1-4H3,(H,15,16). The molecule has 1 aromatic carbocycles. The molecule has 2 N–H and O–H groups in total. The summed E-state index contributed by atoms with van der Waals surface area (Å²) in [4.78, 5) is 18.9. The lowest BCUT2D eigenvalue weighted by atomic mass is 10.1. The van der Waals surface area contributed by atoms with Crippen molar-refractivity contribution in [1.82, 2.24) is 9.97 Å². The van der Waals surface area contributed by atoms with E-state index < -0.39 is 0 Å². The smallest absolute Gasteiger partial charge is 0.197 e. The second-order valence-corrected chi connectivity index (χ2v) is 5.47. The molecule has 2 rings (SSSR count). The molecule has 18 heavy (non-hydrogen) atoms. The molecule has 4 nitrogen and oxygen atoms in total. The summed E-state index contributed by atoms with van der Waals surface area (Å²) >= 11 is 0. The first-order valence-corrected chi connectivity index (χ1v) is 6.20. The van der Waals surface area contributed by atoms with Crippen molar-refractivity contribution in [2.45, 2.75) is 39.7 Å². The van der Waals surface area contributed by atoms with Crippen LogP contribution in [0.2, 0.25) is 0 Å². The van der Waals surface area contributed by atoms with E-state index in [1.165, 1.54) is 0 Å². The molecule has 0 aliphatic carbocycles. The van der Waals surface area contributed by atoms with Gasteiger partial charge >= 0.3 is 0 Å². The van der Waals surface area contributed by atoms with E-state index in [0.29, 0.717) is 12.2 Å². The summed E-state index contributed by atoms with van der Waals surface area (Å²) in [6.07, 6.45) is 0.465. The molecule has 0 aliphatic heterocycles. The first-order chi connectivity index (χ1) is 8.39. The Bertz CT molecular complexity index is 578. The minimum absolute atomic E-state index is 0.00969. The lowest BCUT2D eigenvalue weighted by molar-refractivity contribution is 0.0979. The number of nitrogens with one attached hydrogen (secondary N) is 2. The van der Waals surface area contributed by atoms with Crippen LogP contribution in [0.1, 0.15) is 44.7 Å². The quantitative estimate of drug-likeness (QED) is 0.815. The third-order valence-corrected chi connectivity index (χ3v) is 2.59. The monoisotopic (exact) mass is 245 g/mol. The average Bonchev–Trinajstić information content (AvgIpc) is 2.68. The van der Waals surface area contributed by atoms with Gasteiger partial charge < -0.3 is 10.3 Å². The van der Waals surface area contributed by atoms with Crippen LogP contribution in [0.15, 0.2) is 18.2 Å². The maximum Gasteiger partial charge on any atom is 0.197 e. The number of carbonyl (C=O) groups excluding carboxylic acids is 1. The fourth-order valence-electron chi connectivity index (χ4n) is 1.82. The molecule has 2 aromatic rings. The minimum atomic E-state index is 0.00969. The van der Waals surface area contributed by atoms with Crippen LogP contribution in [0, 0.1) is 0 Å². The summed E-state index contributed by atoms with van der Waals surface area (Å²) in [5.74, 6) is 0.483. The minimum Gasteiger partial charge on any atom is -0.380 e. The van der Waals surface area contributed by atoms with Crippen LogP contribution in [0.3, 0.4) is 0 Å². The Hall–Kier alpha value is -1.84. The summed E-state index contributed by atoms with van der Waals surface area (Å²) in [6, 6.07) is 5.89. The van der Waals surface area contributed by atoms with Gasteiger partial charge in [0, 0.05) is 17.6 Å². The lowest BCUT2D eigenvalue weighted by Gasteiger charge is -2.21. The van der Waals surface area contributed by atoms with Crippen molar-refractivity contribution in [2.75, 3.05) is 5.32 Å². The summed E-state index contributed by atoms with van der Waals surface area (Å²) in [5.41, 5.74) is 2.75. The molecular formula is C14H19N3O. The van der Waals surface area contributed by atoms with E-state index in [-0.39, 0.29) is 11.3 Å². The SMILES string of the molecule is CCC(=O)c1nc2ccc(NC(C)(C)C)cc2[nH]1. The van der Waals surface area contributed by atoms with Gasteiger partial charge in [-0.3, -0.25) is 4.79 Å². The van der Waals surface area contributed by atoms with Crippen LogP contribution < -0.4 is 5.32 Å². The number of fused-ring (bicyclic) bond motifs is 1. The molecule has 0 fully saturated rings. The normalized spacial score (nSPS) is 11.8. The molecule has 0 saturated heterocycles. The summed E-state index contributed by atoms with van der Waals surface area (Å²) in [7, 11) is 0. The largest absolute Gasteiger partial charge is 0.380 e. The Balaban J connectivity index is 2.37. The van der Waals surface area contributed by atoms with Gasteiger partial charge in [0.25, 0.3) is 0 Å². The number of ketones is 1. The van der Waals surface area contributed by atoms with Gasteiger partial charge in [-0.2, -0.15) is 0 Å². The van der Waals surface area contributed by atoms with Crippen LogP contribution in [-0.2, 0) is 0 Å². The van der Waals surface area contributed by atoms with Crippen molar-refractivity contribution >= 4 is 22.5 Å². The summed E-state index contributed by atoms with van der Waals surface area (Å²) < 4.78 is 0. The van der Waals surface area contributed by atoms with Crippen LogP contribution in [0.5, 0.6) is 0 Å². The number of aromatic amines is 1. The molecule has 0 saturated carbocycles. The number of rotatable bonds is 3. The van der Waals surface area contributed by atoms with E-state index in [4.69, 9.17) is 0 Å². The van der Waals surface area contributed by atoms with Crippen LogP contribution in [-0.4, -0.2) is 21.3 Å². The van der Waals surface area contributed by atoms with Crippen LogP contribution in [0.4, 0.5) is 5.69 Å². The van der Waals surface area contributed by atoms with Crippen molar-refractivity contribution in [3.05, 3.63) is 24.0 Å². The van der Waals surface area contributed by atoms with Gasteiger partial charge in [0.2, 0.25) is 0 Å². The van der Waals surface area contributed by atoms with E-state index in [0.717, 1.165) is 16.7 Å². The molecule has 0 radical (unpaired) electrons. The maximum atomic E-state index is 11.6. The number of nitrogens with zero attached hydrogens (tertiary/aromatic N) is 1. The highest BCUT2D eigenvalue weighted by Gasteiger charge is 2.12. The molecule has 1 heterocycles. The average molecular weight is 245 g/mol. The fourth-order valence-corrected chi connectivity index (χ4v) is 1.82. The van der Waals surface area contributed by atoms with Crippen molar-refractivity contribution in [2.24, 2.45) is 0 Å². The third-order valence-electron chi connectivity index (χ3n) is 2.59.